The summed E-state index contributed by atoms with van der Waals surface area (Å²) in [6.07, 6.45) is 2.17. The van der Waals surface area contributed by atoms with E-state index in [0.717, 1.165) is 0 Å². The maximum absolute atomic E-state index is 12.1. The Labute approximate surface area is 135 Å². The number of phenolic OH excluding ortho intramolecular Hbond substituents is 1. The fourth-order valence-electron chi connectivity index (χ4n) is 2.23. The molecule has 2 aromatic carbocycles. The second-order valence-electron chi connectivity index (χ2n) is 5.20. The number of nitrogens with one attached hydrogen (secondary N) is 1. The number of hydrogen-bond acceptors (Lipinski definition) is 3. The molecule has 1 amide bonds. The van der Waals surface area contributed by atoms with Gasteiger partial charge in [-0.3, -0.25) is 4.79 Å². The zero-order chi connectivity index (χ0) is 16.7. The summed E-state index contributed by atoms with van der Waals surface area (Å²) in [5.41, 5.74) is 2.97. The minimum absolute atomic E-state index is 0.0142. The molecule has 4 heteroatoms. The lowest BCUT2D eigenvalue weighted by atomic mass is 10.1. The Morgan fingerprint density at radius 1 is 1.26 bits per heavy atom. The van der Waals surface area contributed by atoms with Gasteiger partial charge < -0.3 is 10.4 Å². The maximum Gasteiger partial charge on any atom is 0.261 e. The summed E-state index contributed by atoms with van der Waals surface area (Å²) in [6, 6.07) is 16.3. The molecule has 0 aliphatic rings. The molecule has 0 radical (unpaired) electrons. The average Bonchev–Trinajstić information content (AvgIpc) is 2.54. The van der Waals surface area contributed by atoms with Gasteiger partial charge in [-0.1, -0.05) is 36.4 Å². The third-order valence-corrected chi connectivity index (χ3v) is 3.49. The van der Waals surface area contributed by atoms with Crippen LogP contribution in [0, 0.1) is 18.3 Å². The fourth-order valence-corrected chi connectivity index (χ4v) is 2.23. The first kappa shape index (κ1) is 16.3. The van der Waals surface area contributed by atoms with E-state index in [2.05, 4.69) is 5.32 Å². The molecule has 0 bridgehead atoms. The van der Waals surface area contributed by atoms with Crippen LogP contribution in [-0.2, 0) is 11.2 Å². The molecule has 4 nitrogen and oxygen atoms in total. The molecule has 0 saturated heterocycles. The number of amides is 1. The van der Waals surface area contributed by atoms with Crippen LogP contribution in [0.1, 0.15) is 16.7 Å². The normalized spacial score (nSPS) is 10.9. The van der Waals surface area contributed by atoms with Crippen molar-refractivity contribution < 1.29 is 9.90 Å². The third kappa shape index (κ3) is 4.72. The zero-order valence-electron chi connectivity index (χ0n) is 12.9. The van der Waals surface area contributed by atoms with Crippen molar-refractivity contribution in [2.45, 2.75) is 13.3 Å². The third-order valence-electron chi connectivity index (χ3n) is 3.49. The summed E-state index contributed by atoms with van der Waals surface area (Å²) in [5.74, 6) is -0.319. The van der Waals surface area contributed by atoms with Crippen molar-refractivity contribution in [3.05, 3.63) is 70.8 Å². The number of aryl methyl sites for hydroxylation is 1. The van der Waals surface area contributed by atoms with Gasteiger partial charge >= 0.3 is 0 Å². The van der Waals surface area contributed by atoms with Crippen LogP contribution in [0.15, 0.2) is 54.1 Å². The van der Waals surface area contributed by atoms with Gasteiger partial charge in [0.15, 0.2) is 0 Å². The van der Waals surface area contributed by atoms with Gasteiger partial charge in [0.1, 0.15) is 17.4 Å². The first-order valence-electron chi connectivity index (χ1n) is 7.33. The van der Waals surface area contributed by atoms with Crippen molar-refractivity contribution in [1.29, 1.82) is 5.26 Å². The molecule has 2 N–H and O–H groups in total. The summed E-state index contributed by atoms with van der Waals surface area (Å²) in [5, 5.41) is 21.3. The van der Waals surface area contributed by atoms with Gasteiger partial charge in [0.05, 0.1) is 0 Å². The number of hydrogen-bond donors (Lipinski definition) is 2. The van der Waals surface area contributed by atoms with E-state index < -0.39 is 5.91 Å². The molecule has 116 valence electrons. The number of carbonyl (C=O) groups is 1. The van der Waals surface area contributed by atoms with Gasteiger partial charge in [-0.05, 0) is 48.2 Å². The van der Waals surface area contributed by atoms with E-state index in [4.69, 9.17) is 5.26 Å². The maximum atomic E-state index is 12.1. The number of rotatable bonds is 5. The molecule has 0 atom stereocenters. The monoisotopic (exact) mass is 306 g/mol. The Morgan fingerprint density at radius 2 is 2.04 bits per heavy atom. The lowest BCUT2D eigenvalue weighted by molar-refractivity contribution is -0.117. The van der Waals surface area contributed by atoms with Crippen molar-refractivity contribution in [2.75, 3.05) is 6.54 Å². The van der Waals surface area contributed by atoms with Crippen LogP contribution in [0.2, 0.25) is 0 Å². The van der Waals surface area contributed by atoms with Crippen LogP contribution in [0.5, 0.6) is 5.75 Å². The molecular weight excluding hydrogens is 288 g/mol. The van der Waals surface area contributed by atoms with E-state index in [9.17, 15) is 9.90 Å². The number of nitriles is 1. The van der Waals surface area contributed by atoms with Gasteiger partial charge in [0, 0.05) is 6.54 Å². The van der Waals surface area contributed by atoms with E-state index in [1.54, 1.807) is 12.1 Å². The average molecular weight is 306 g/mol. The molecule has 0 spiro atoms. The highest BCUT2D eigenvalue weighted by molar-refractivity contribution is 6.01. The highest BCUT2D eigenvalue weighted by Gasteiger charge is 2.09. The summed E-state index contributed by atoms with van der Waals surface area (Å²) in [7, 11) is 0. The largest absolute Gasteiger partial charge is 0.508 e. The second kappa shape index (κ2) is 7.81. The predicted molar refractivity (Wildman–Crippen MR) is 89.6 cm³/mol. The summed E-state index contributed by atoms with van der Waals surface area (Å²) < 4.78 is 0. The van der Waals surface area contributed by atoms with Crippen LogP contribution in [0.3, 0.4) is 0 Å². The quantitative estimate of drug-likeness (QED) is 0.659. The second-order valence-corrected chi connectivity index (χ2v) is 5.20. The molecule has 0 saturated carbocycles. The first-order chi connectivity index (χ1) is 11.1. The van der Waals surface area contributed by atoms with Gasteiger partial charge in [-0.2, -0.15) is 5.26 Å². The standard InChI is InChI=1S/C19H18N2O2/c1-14-5-2-3-7-16(14)9-10-21-19(23)17(13-20)11-15-6-4-8-18(22)12-15/h2-8,11-12,22H,9-10H2,1H3,(H,21,23)/b17-11+. The van der Waals surface area contributed by atoms with Gasteiger partial charge in [-0.15, -0.1) is 0 Å². The van der Waals surface area contributed by atoms with Crippen LogP contribution >= 0.6 is 0 Å². The molecule has 0 unspecified atom stereocenters. The van der Waals surface area contributed by atoms with Crippen LogP contribution in [0.4, 0.5) is 0 Å². The number of nitrogens with zero attached hydrogens (tertiary/aromatic N) is 1. The molecule has 0 aliphatic carbocycles. The van der Waals surface area contributed by atoms with Crippen molar-refractivity contribution in [3.63, 3.8) is 0 Å². The van der Waals surface area contributed by atoms with Crippen molar-refractivity contribution in [2.24, 2.45) is 0 Å². The fraction of sp³-hybridized carbons (Fsp3) is 0.158. The number of aromatic hydroxyl groups is 1. The van der Waals surface area contributed by atoms with E-state index in [-0.39, 0.29) is 11.3 Å². The Morgan fingerprint density at radius 3 is 2.74 bits per heavy atom. The number of carbonyl (C=O) groups excluding carboxylic acids is 1. The molecule has 23 heavy (non-hydrogen) atoms. The van der Waals surface area contributed by atoms with Crippen molar-refractivity contribution >= 4 is 12.0 Å². The molecular formula is C19H18N2O2. The van der Waals surface area contributed by atoms with E-state index in [1.165, 1.54) is 29.3 Å². The Kier molecular flexibility index (Phi) is 5.54. The Hall–Kier alpha value is -3.06. The Balaban J connectivity index is 1.98. The van der Waals surface area contributed by atoms with Gasteiger partial charge in [0.25, 0.3) is 5.91 Å². The summed E-state index contributed by atoms with van der Waals surface area (Å²) in [4.78, 5) is 12.1. The molecule has 0 aliphatic heterocycles. The van der Waals surface area contributed by atoms with Crippen LogP contribution < -0.4 is 5.32 Å². The van der Waals surface area contributed by atoms with E-state index >= 15 is 0 Å². The van der Waals surface area contributed by atoms with Crippen LogP contribution in [0.25, 0.3) is 6.08 Å². The topological polar surface area (TPSA) is 73.1 Å². The summed E-state index contributed by atoms with van der Waals surface area (Å²) >= 11 is 0. The van der Waals surface area contributed by atoms with E-state index in [0.29, 0.717) is 18.5 Å². The van der Waals surface area contributed by atoms with Crippen molar-refractivity contribution in [3.8, 4) is 11.8 Å². The minimum Gasteiger partial charge on any atom is -0.508 e. The van der Waals surface area contributed by atoms with E-state index in [1.807, 2.05) is 37.3 Å². The lowest BCUT2D eigenvalue weighted by Gasteiger charge is -2.07. The molecule has 0 aromatic heterocycles. The predicted octanol–water partition coefficient (Wildman–Crippen LogP) is 2.97. The number of benzene rings is 2. The van der Waals surface area contributed by atoms with Gasteiger partial charge in [-0.25, -0.2) is 0 Å². The SMILES string of the molecule is Cc1ccccc1CCNC(=O)/C(C#N)=C/c1cccc(O)c1. The number of phenols is 1. The molecule has 2 aromatic rings. The smallest absolute Gasteiger partial charge is 0.261 e. The zero-order valence-corrected chi connectivity index (χ0v) is 12.9. The molecule has 0 heterocycles. The lowest BCUT2D eigenvalue weighted by Crippen LogP contribution is -2.26. The Bertz CT molecular complexity index is 773. The minimum atomic E-state index is -0.413. The first-order valence-corrected chi connectivity index (χ1v) is 7.33. The van der Waals surface area contributed by atoms with Crippen molar-refractivity contribution in [1.82, 2.24) is 5.32 Å². The van der Waals surface area contributed by atoms with Crippen LogP contribution in [-0.4, -0.2) is 17.6 Å². The summed E-state index contributed by atoms with van der Waals surface area (Å²) in [6.45, 7) is 2.49. The highest BCUT2D eigenvalue weighted by Crippen LogP contribution is 2.14. The molecule has 2 rings (SSSR count). The molecule has 0 fully saturated rings. The van der Waals surface area contributed by atoms with Gasteiger partial charge in [0.2, 0.25) is 0 Å². The highest BCUT2D eigenvalue weighted by atomic mass is 16.3.